The average Bonchev–Trinajstić information content (AvgIpc) is 3.29. The number of nitrogens with one attached hydrogen (secondary N) is 3. The normalized spacial score (nSPS) is 30.1. The summed E-state index contributed by atoms with van der Waals surface area (Å²) in [7, 11) is 5.97. The molecular weight excluding hydrogens is 1090 g/mol. The van der Waals surface area contributed by atoms with Gasteiger partial charge in [-0.05, 0) is 98.7 Å². The zero-order valence-electron chi connectivity index (χ0n) is 54.6. The van der Waals surface area contributed by atoms with E-state index in [1.54, 1.807) is 11.9 Å². The molecule has 0 aromatic heterocycles. The standard InChI is InChI=1S/C63H106N10O12/c1-34(2)24-45-58(79)69(17)53(38(9)10)63(84)73-33-44(43-22-20-19-21-23-43)29-50(73)60(81)68(16)47(26-36(5)6)55(76)64-30-51(75)85-41(13)54(57(78)66-46(25-35(3)4)59(80)71-31-39(11)27-48(71)56(77)65-45)70(18)61(82)49-28-40(12)32-72(49)62(83)52(37(7)8)67(15)42(14)74/h34-41,43-50,52-54H,19-33H2,1-18H3,(H,64,76)(H,65,77)(H,66,78)/t39-,40-,41-,44-,45+,46+,47-,48+,49+,50+,52+,53+,54+/m1/s1. The molecule has 3 N–H and O–H groups in total. The Balaban J connectivity index is 1.63. The van der Waals surface area contributed by atoms with Gasteiger partial charge in [-0.1, -0.05) is 115 Å². The van der Waals surface area contributed by atoms with Crippen LogP contribution in [-0.4, -0.2) is 214 Å². The number of hydrogen-bond acceptors (Lipinski definition) is 12. The summed E-state index contributed by atoms with van der Waals surface area (Å²) in [5.74, 6) is -7.77. The Morgan fingerprint density at radius 3 is 1.72 bits per heavy atom. The third-order valence-corrected chi connectivity index (χ3v) is 18.5. The molecule has 0 aromatic carbocycles. The number of ether oxygens (including phenoxy) is 1. The molecule has 4 aliphatic heterocycles. The van der Waals surface area contributed by atoms with Gasteiger partial charge in [0.05, 0.1) is 0 Å². The van der Waals surface area contributed by atoms with E-state index in [9.17, 15) is 24.0 Å². The Morgan fingerprint density at radius 2 is 1.16 bits per heavy atom. The maximum Gasteiger partial charge on any atom is 0.325 e. The highest BCUT2D eigenvalue weighted by molar-refractivity contribution is 5.99. The molecule has 0 spiro atoms. The molecule has 85 heavy (non-hydrogen) atoms. The highest BCUT2D eigenvalue weighted by Gasteiger charge is 2.51. The first-order chi connectivity index (χ1) is 39.7. The molecular formula is C63H106N10O12. The molecule has 0 bridgehead atoms. The van der Waals surface area contributed by atoms with E-state index in [0.29, 0.717) is 6.42 Å². The van der Waals surface area contributed by atoms with Gasteiger partial charge in [0.1, 0.15) is 67.0 Å². The first kappa shape index (κ1) is 69.9. The summed E-state index contributed by atoms with van der Waals surface area (Å²) in [4.78, 5) is 172. The Morgan fingerprint density at radius 1 is 0.612 bits per heavy atom. The second-order valence-electron chi connectivity index (χ2n) is 27.8. The summed E-state index contributed by atoms with van der Waals surface area (Å²) in [6.45, 7) is 25.1. The number of nitrogens with zero attached hydrogens (tertiary/aromatic N) is 7. The smallest absolute Gasteiger partial charge is 0.325 e. The minimum absolute atomic E-state index is 0.0191. The van der Waals surface area contributed by atoms with Crippen LogP contribution in [-0.2, 0) is 57.5 Å². The van der Waals surface area contributed by atoms with Gasteiger partial charge in [-0.25, -0.2) is 0 Å². The van der Waals surface area contributed by atoms with Crippen LogP contribution in [0.25, 0.3) is 0 Å². The molecule has 0 radical (unpaired) electrons. The molecule has 22 heteroatoms. The number of amides is 10. The van der Waals surface area contributed by atoms with Gasteiger partial charge in [-0.2, -0.15) is 0 Å². The quantitative estimate of drug-likeness (QED) is 0.221. The highest BCUT2D eigenvalue weighted by Crippen LogP contribution is 2.39. The lowest BCUT2D eigenvalue weighted by Crippen LogP contribution is -2.62. The summed E-state index contributed by atoms with van der Waals surface area (Å²) in [5.41, 5.74) is 0. The zero-order chi connectivity index (χ0) is 63.8. The number of likely N-dealkylation sites (tertiary alicyclic amines) is 1. The lowest BCUT2D eigenvalue weighted by atomic mass is 9.79. The van der Waals surface area contributed by atoms with Crippen LogP contribution in [0.15, 0.2) is 0 Å². The Hall–Kier alpha value is -5.83. The molecule has 10 amide bonds. The SMILES string of the molecule is CC(=O)N(C)[C@H](C(=O)N1C[C@H](C)C[C@H]1C(=O)N(C)[C@@H]1C(=O)N[C@@H](CC(C)C)C(=O)N2C[C@H](C)C[C@H]2C(=O)N[C@@H](CC(C)C)C(=O)N(C)[C@@H](C(C)C)C(=O)N2C[C@H](C3CCCCC3)C[C@H]2C(=O)N(C)[C@H](CC(C)C)C(=O)NCC(=O)O[C@@H]1C)C(C)C. The van der Waals surface area contributed by atoms with Crippen LogP contribution in [0, 0.1) is 53.3 Å². The molecule has 4 saturated heterocycles. The van der Waals surface area contributed by atoms with Crippen molar-refractivity contribution < 1.29 is 57.5 Å². The van der Waals surface area contributed by atoms with E-state index in [-0.39, 0.29) is 105 Å². The number of carbonyl (C=O) groups excluding carboxylic acids is 11. The number of fused-ring (bicyclic) bond motifs is 2. The summed E-state index contributed by atoms with van der Waals surface area (Å²) >= 11 is 0. The molecule has 13 atom stereocenters. The molecule has 480 valence electrons. The number of esters is 1. The molecule has 4 heterocycles. The Labute approximate surface area is 506 Å². The van der Waals surface area contributed by atoms with Crippen molar-refractivity contribution in [3.8, 4) is 0 Å². The summed E-state index contributed by atoms with van der Waals surface area (Å²) in [6, 6.07) is -10.2. The van der Waals surface area contributed by atoms with Crippen molar-refractivity contribution in [3.05, 3.63) is 0 Å². The Bertz CT molecular complexity index is 2430. The van der Waals surface area contributed by atoms with Gasteiger partial charge in [0.25, 0.3) is 0 Å². The van der Waals surface area contributed by atoms with Crippen LogP contribution in [0.1, 0.15) is 168 Å². The monoisotopic (exact) mass is 1190 g/mol. The van der Waals surface area contributed by atoms with Gasteiger partial charge in [0.2, 0.25) is 59.1 Å². The van der Waals surface area contributed by atoms with E-state index in [0.717, 1.165) is 37.0 Å². The van der Waals surface area contributed by atoms with Crippen LogP contribution >= 0.6 is 0 Å². The van der Waals surface area contributed by atoms with Crippen molar-refractivity contribution in [2.24, 2.45) is 53.3 Å². The van der Waals surface area contributed by atoms with Crippen LogP contribution in [0.5, 0.6) is 0 Å². The number of rotatable bonds is 13. The van der Waals surface area contributed by atoms with Crippen molar-refractivity contribution in [1.29, 1.82) is 0 Å². The first-order valence-electron chi connectivity index (χ1n) is 31.7. The van der Waals surface area contributed by atoms with E-state index in [1.165, 1.54) is 59.5 Å². The number of carbonyl (C=O) groups is 11. The van der Waals surface area contributed by atoms with E-state index in [2.05, 4.69) is 16.0 Å². The predicted molar refractivity (Wildman–Crippen MR) is 321 cm³/mol. The molecule has 0 unspecified atom stereocenters. The van der Waals surface area contributed by atoms with Gasteiger partial charge in [0.15, 0.2) is 0 Å². The minimum atomic E-state index is -1.63. The predicted octanol–water partition coefficient (Wildman–Crippen LogP) is 4.07. The maximum atomic E-state index is 15.4. The molecule has 5 rings (SSSR count). The Kier molecular flexibility index (Phi) is 24.8. The molecule has 5 fully saturated rings. The van der Waals surface area contributed by atoms with Gasteiger partial charge in [0, 0.05) is 54.7 Å². The van der Waals surface area contributed by atoms with Crippen LogP contribution in [0.2, 0.25) is 0 Å². The lowest BCUT2D eigenvalue weighted by Gasteiger charge is -2.38. The fourth-order valence-electron chi connectivity index (χ4n) is 14.1. The molecule has 0 aromatic rings. The molecule has 22 nitrogen and oxygen atoms in total. The van der Waals surface area contributed by atoms with Crippen LogP contribution in [0.3, 0.4) is 0 Å². The van der Waals surface area contributed by atoms with Crippen molar-refractivity contribution in [2.75, 3.05) is 54.4 Å². The lowest BCUT2D eigenvalue weighted by molar-refractivity contribution is -0.160. The minimum Gasteiger partial charge on any atom is -0.459 e. The van der Waals surface area contributed by atoms with E-state index < -0.39 is 132 Å². The zero-order valence-corrected chi connectivity index (χ0v) is 54.6. The van der Waals surface area contributed by atoms with Crippen LogP contribution < -0.4 is 16.0 Å². The van der Waals surface area contributed by atoms with Crippen molar-refractivity contribution in [3.63, 3.8) is 0 Å². The molecule has 5 aliphatic rings. The molecule has 1 aliphatic carbocycles. The highest BCUT2D eigenvalue weighted by atomic mass is 16.5. The summed E-state index contributed by atoms with van der Waals surface area (Å²) < 4.78 is 5.98. The van der Waals surface area contributed by atoms with Gasteiger partial charge in [-0.3, -0.25) is 52.7 Å². The summed E-state index contributed by atoms with van der Waals surface area (Å²) in [6.07, 6.45) is 4.94. The number of hydrogen-bond donors (Lipinski definition) is 3. The molecule has 1 saturated carbocycles. The second kappa shape index (κ2) is 30.2. The van der Waals surface area contributed by atoms with Crippen molar-refractivity contribution in [2.45, 2.75) is 228 Å². The maximum absolute atomic E-state index is 15.4. The number of likely N-dealkylation sites (N-methyl/N-ethyl adjacent to an activating group) is 4. The topological polar surface area (TPSA) is 256 Å². The van der Waals surface area contributed by atoms with E-state index >= 15 is 28.8 Å². The second-order valence-corrected chi connectivity index (χ2v) is 27.8. The average molecular weight is 1200 g/mol. The van der Waals surface area contributed by atoms with Gasteiger partial charge < -0.3 is 55.0 Å². The van der Waals surface area contributed by atoms with Gasteiger partial charge >= 0.3 is 5.97 Å². The fraction of sp³-hybridized carbons (Fsp3) is 0.825. The number of cyclic esters (lactones) is 1. The fourth-order valence-corrected chi connectivity index (χ4v) is 14.1. The van der Waals surface area contributed by atoms with E-state index in [4.69, 9.17) is 4.74 Å². The largest absolute Gasteiger partial charge is 0.459 e. The summed E-state index contributed by atoms with van der Waals surface area (Å²) in [5, 5.41) is 8.57. The first-order valence-corrected chi connectivity index (χ1v) is 31.7. The van der Waals surface area contributed by atoms with Gasteiger partial charge in [-0.15, -0.1) is 0 Å². The van der Waals surface area contributed by atoms with Crippen molar-refractivity contribution >= 4 is 65.0 Å². The van der Waals surface area contributed by atoms with Crippen LogP contribution in [0.4, 0.5) is 0 Å². The van der Waals surface area contributed by atoms with E-state index in [1.807, 2.05) is 83.1 Å². The third-order valence-electron chi connectivity index (χ3n) is 18.5. The van der Waals surface area contributed by atoms with Crippen molar-refractivity contribution in [1.82, 2.24) is 50.2 Å². The third kappa shape index (κ3) is 17.0.